The molecule has 8 heteroatoms. The summed E-state index contributed by atoms with van der Waals surface area (Å²) in [5.41, 5.74) is 2.00. The molecule has 2 heterocycles. The van der Waals surface area contributed by atoms with E-state index in [4.69, 9.17) is 5.14 Å². The number of primary sulfonamides is 1. The summed E-state index contributed by atoms with van der Waals surface area (Å²) in [6.45, 7) is 1.13. The summed E-state index contributed by atoms with van der Waals surface area (Å²) >= 11 is 0. The van der Waals surface area contributed by atoms with E-state index in [1.165, 1.54) is 4.90 Å². The van der Waals surface area contributed by atoms with E-state index >= 15 is 0 Å². The molecular weight excluding hydrogens is 316 g/mol. The van der Waals surface area contributed by atoms with Gasteiger partial charge in [-0.25, -0.2) is 13.6 Å². The monoisotopic (exact) mass is 334 g/mol. The third-order valence-electron chi connectivity index (χ3n) is 3.89. The highest BCUT2D eigenvalue weighted by Gasteiger charge is 2.36. The standard InChI is InChI=1S/C15H18N4O3S/c16-23(21,22)14-6-15(20)18(11-14)8-13-7-17-19(10-13)9-12-4-2-1-3-5-12/h1-5,7,10,14H,6,8-9,11H2,(H2,16,21,22). The number of sulfonamides is 1. The van der Waals surface area contributed by atoms with E-state index in [0.29, 0.717) is 13.1 Å². The summed E-state index contributed by atoms with van der Waals surface area (Å²) < 4.78 is 24.5. The number of amides is 1. The van der Waals surface area contributed by atoms with Crippen molar-refractivity contribution in [3.05, 3.63) is 53.9 Å². The first kappa shape index (κ1) is 15.7. The van der Waals surface area contributed by atoms with Gasteiger partial charge in [-0.1, -0.05) is 30.3 Å². The van der Waals surface area contributed by atoms with Crippen LogP contribution in [0, 0.1) is 0 Å². The van der Waals surface area contributed by atoms with Crippen molar-refractivity contribution in [2.24, 2.45) is 5.14 Å². The van der Waals surface area contributed by atoms with Crippen molar-refractivity contribution in [2.45, 2.75) is 24.8 Å². The number of carbonyl (C=O) groups excluding carboxylic acids is 1. The van der Waals surface area contributed by atoms with Crippen LogP contribution in [0.15, 0.2) is 42.7 Å². The summed E-state index contributed by atoms with van der Waals surface area (Å²) in [4.78, 5) is 13.4. The summed E-state index contributed by atoms with van der Waals surface area (Å²) in [5, 5.41) is 8.60. The molecule has 2 N–H and O–H groups in total. The molecule has 1 aliphatic heterocycles. The maximum absolute atomic E-state index is 11.9. The fourth-order valence-electron chi connectivity index (χ4n) is 2.67. The highest BCUT2D eigenvalue weighted by molar-refractivity contribution is 7.89. The minimum Gasteiger partial charge on any atom is -0.337 e. The van der Waals surface area contributed by atoms with Crippen LogP contribution >= 0.6 is 0 Å². The SMILES string of the molecule is NS(=O)(=O)C1CC(=O)N(Cc2cnn(Cc3ccccc3)c2)C1. The minimum absolute atomic E-state index is 0.0447. The normalized spacial score (nSPS) is 18.6. The van der Waals surface area contributed by atoms with Gasteiger partial charge in [-0.15, -0.1) is 0 Å². The van der Waals surface area contributed by atoms with Gasteiger partial charge in [-0.05, 0) is 5.56 Å². The molecule has 7 nitrogen and oxygen atoms in total. The number of benzene rings is 1. The third-order valence-corrected chi connectivity index (χ3v) is 5.14. The summed E-state index contributed by atoms with van der Waals surface area (Å²) in [6.07, 6.45) is 3.52. The van der Waals surface area contributed by atoms with Gasteiger partial charge in [-0.2, -0.15) is 5.10 Å². The molecule has 0 radical (unpaired) electrons. The summed E-state index contributed by atoms with van der Waals surface area (Å²) in [6, 6.07) is 9.93. The maximum atomic E-state index is 11.9. The molecule has 1 aliphatic rings. The molecule has 0 saturated carbocycles. The Kier molecular flexibility index (Phi) is 4.18. The molecule has 0 bridgehead atoms. The van der Waals surface area contributed by atoms with Crippen LogP contribution < -0.4 is 5.14 Å². The topological polar surface area (TPSA) is 98.3 Å². The van der Waals surface area contributed by atoms with Crippen molar-refractivity contribution < 1.29 is 13.2 Å². The Morgan fingerprint density at radius 3 is 2.57 bits per heavy atom. The molecule has 1 aromatic carbocycles. The van der Waals surface area contributed by atoms with Crippen molar-refractivity contribution in [1.29, 1.82) is 0 Å². The minimum atomic E-state index is -3.68. The molecule has 1 saturated heterocycles. The van der Waals surface area contributed by atoms with Crippen LogP contribution in [0.1, 0.15) is 17.5 Å². The van der Waals surface area contributed by atoms with E-state index in [9.17, 15) is 13.2 Å². The van der Waals surface area contributed by atoms with Gasteiger partial charge >= 0.3 is 0 Å². The summed E-state index contributed by atoms with van der Waals surface area (Å²) in [5.74, 6) is -0.195. The van der Waals surface area contributed by atoms with Gasteiger partial charge in [0.15, 0.2) is 0 Å². The second kappa shape index (κ2) is 6.13. The van der Waals surface area contributed by atoms with Crippen molar-refractivity contribution in [3.63, 3.8) is 0 Å². The van der Waals surface area contributed by atoms with E-state index in [1.807, 2.05) is 36.5 Å². The van der Waals surface area contributed by atoms with Gasteiger partial charge in [0.1, 0.15) is 5.25 Å². The molecule has 0 spiro atoms. The predicted molar refractivity (Wildman–Crippen MR) is 84.7 cm³/mol. The molecule has 1 unspecified atom stereocenters. The molecule has 1 aromatic heterocycles. The molecule has 0 aliphatic carbocycles. The van der Waals surface area contributed by atoms with Crippen LogP contribution in [0.4, 0.5) is 0 Å². The molecule has 1 fully saturated rings. The fraction of sp³-hybridized carbons (Fsp3) is 0.333. The number of carbonyl (C=O) groups is 1. The Labute approximate surface area is 134 Å². The van der Waals surface area contributed by atoms with Crippen molar-refractivity contribution >= 4 is 15.9 Å². The van der Waals surface area contributed by atoms with Crippen LogP contribution in [-0.4, -0.2) is 40.8 Å². The van der Waals surface area contributed by atoms with Crippen molar-refractivity contribution in [1.82, 2.24) is 14.7 Å². The smallest absolute Gasteiger partial charge is 0.224 e. The van der Waals surface area contributed by atoms with E-state index < -0.39 is 15.3 Å². The molecular formula is C15H18N4O3S. The lowest BCUT2D eigenvalue weighted by molar-refractivity contribution is -0.128. The molecule has 23 heavy (non-hydrogen) atoms. The number of hydrogen-bond acceptors (Lipinski definition) is 4. The lowest BCUT2D eigenvalue weighted by Crippen LogP contribution is -2.31. The first-order valence-electron chi connectivity index (χ1n) is 7.26. The number of nitrogens with two attached hydrogens (primary N) is 1. The second-order valence-electron chi connectivity index (χ2n) is 5.72. The third kappa shape index (κ3) is 3.77. The largest absolute Gasteiger partial charge is 0.337 e. The van der Waals surface area contributed by atoms with Crippen LogP contribution in [-0.2, 0) is 27.9 Å². The molecule has 1 amide bonds. The molecule has 1 atom stereocenters. The Hall–Kier alpha value is -2.19. The maximum Gasteiger partial charge on any atom is 0.224 e. The number of rotatable bonds is 5. The Morgan fingerprint density at radius 1 is 1.17 bits per heavy atom. The molecule has 3 rings (SSSR count). The van der Waals surface area contributed by atoms with Crippen LogP contribution in [0.2, 0.25) is 0 Å². The second-order valence-corrected chi connectivity index (χ2v) is 7.57. The lowest BCUT2D eigenvalue weighted by atomic mass is 10.2. The van der Waals surface area contributed by atoms with Gasteiger partial charge in [0.25, 0.3) is 0 Å². The van der Waals surface area contributed by atoms with E-state index in [1.54, 1.807) is 10.9 Å². The Morgan fingerprint density at radius 2 is 1.91 bits per heavy atom. The highest BCUT2D eigenvalue weighted by atomic mass is 32.2. The van der Waals surface area contributed by atoms with Gasteiger partial charge in [0.05, 0.1) is 12.7 Å². The van der Waals surface area contributed by atoms with Gasteiger partial charge < -0.3 is 4.90 Å². The van der Waals surface area contributed by atoms with Gasteiger partial charge in [0, 0.05) is 31.3 Å². The lowest BCUT2D eigenvalue weighted by Gasteiger charge is -2.14. The predicted octanol–water partition coefficient (Wildman–Crippen LogP) is 0.321. The van der Waals surface area contributed by atoms with Crippen molar-refractivity contribution in [3.8, 4) is 0 Å². The molecule has 122 valence electrons. The average molecular weight is 334 g/mol. The van der Waals surface area contributed by atoms with Crippen molar-refractivity contribution in [2.75, 3.05) is 6.54 Å². The first-order valence-corrected chi connectivity index (χ1v) is 8.87. The quantitative estimate of drug-likeness (QED) is 0.851. The number of likely N-dealkylation sites (tertiary alicyclic amines) is 1. The zero-order valence-electron chi connectivity index (χ0n) is 12.5. The Balaban J connectivity index is 1.64. The van der Waals surface area contributed by atoms with Crippen LogP contribution in [0.5, 0.6) is 0 Å². The van der Waals surface area contributed by atoms with Crippen LogP contribution in [0.3, 0.4) is 0 Å². The van der Waals surface area contributed by atoms with Gasteiger partial charge in [-0.3, -0.25) is 9.48 Å². The fourth-order valence-corrected chi connectivity index (χ4v) is 3.44. The summed E-state index contributed by atoms with van der Waals surface area (Å²) in [7, 11) is -3.68. The number of nitrogens with zero attached hydrogens (tertiary/aromatic N) is 3. The van der Waals surface area contributed by atoms with E-state index in [2.05, 4.69) is 5.10 Å². The average Bonchev–Trinajstić information content (AvgIpc) is 3.08. The zero-order valence-corrected chi connectivity index (χ0v) is 13.3. The van der Waals surface area contributed by atoms with Gasteiger partial charge in [0.2, 0.25) is 15.9 Å². The highest BCUT2D eigenvalue weighted by Crippen LogP contribution is 2.19. The van der Waals surface area contributed by atoms with Crippen LogP contribution in [0.25, 0.3) is 0 Å². The van der Waals surface area contributed by atoms with E-state index in [-0.39, 0.29) is 18.9 Å². The zero-order chi connectivity index (χ0) is 16.4. The van der Waals surface area contributed by atoms with E-state index in [0.717, 1.165) is 11.1 Å². The molecule has 2 aromatic rings. The number of aromatic nitrogens is 2. The number of hydrogen-bond donors (Lipinski definition) is 1. The Bertz CT molecular complexity index is 801. The first-order chi connectivity index (χ1) is 10.9.